The van der Waals surface area contributed by atoms with Crippen LogP contribution in [-0.2, 0) is 22.6 Å². The van der Waals surface area contributed by atoms with Gasteiger partial charge in [0.2, 0.25) is 11.8 Å². The molecule has 8 nitrogen and oxygen atoms in total. The van der Waals surface area contributed by atoms with E-state index in [2.05, 4.69) is 23.8 Å². The maximum absolute atomic E-state index is 13.2. The van der Waals surface area contributed by atoms with Crippen LogP contribution in [0.4, 0.5) is 0 Å². The summed E-state index contributed by atoms with van der Waals surface area (Å²) >= 11 is 0. The smallest absolute Gasteiger partial charge is 0.224 e. The summed E-state index contributed by atoms with van der Waals surface area (Å²) < 4.78 is 19.7. The van der Waals surface area contributed by atoms with Crippen LogP contribution >= 0.6 is 0 Å². The highest BCUT2D eigenvalue weighted by atomic mass is 16.5. The first-order valence-electron chi connectivity index (χ1n) is 11.3. The van der Waals surface area contributed by atoms with Crippen LogP contribution < -0.4 is 9.47 Å². The second-order valence-electron chi connectivity index (χ2n) is 8.18. The first kappa shape index (κ1) is 22.8. The molecule has 0 aliphatic carbocycles. The number of carbonyl (C=O) groups excluding carboxylic acids is 1. The van der Waals surface area contributed by atoms with Crippen molar-refractivity contribution in [2.45, 2.75) is 39.3 Å². The van der Waals surface area contributed by atoms with Crippen LogP contribution in [0.25, 0.3) is 0 Å². The minimum Gasteiger partial charge on any atom is -0.487 e. The third-order valence-electron chi connectivity index (χ3n) is 5.44. The highest BCUT2D eigenvalue weighted by molar-refractivity contribution is 5.76. The van der Waals surface area contributed by atoms with Crippen LogP contribution in [0.3, 0.4) is 0 Å². The predicted octanol–water partition coefficient (Wildman–Crippen LogP) is 4.02. The fourth-order valence-corrected chi connectivity index (χ4v) is 3.76. The zero-order chi connectivity index (χ0) is 23.0. The van der Waals surface area contributed by atoms with Crippen LogP contribution in [0, 0.1) is 0 Å². The molecule has 0 atom stereocenters. The van der Waals surface area contributed by atoms with E-state index in [1.807, 2.05) is 47.2 Å². The molecule has 0 bridgehead atoms. The number of pyridine rings is 1. The lowest BCUT2D eigenvalue weighted by molar-refractivity contribution is -0.132. The van der Waals surface area contributed by atoms with Gasteiger partial charge in [-0.3, -0.25) is 4.79 Å². The molecule has 1 aromatic carbocycles. The third kappa shape index (κ3) is 5.90. The zero-order valence-corrected chi connectivity index (χ0v) is 19.1. The molecule has 0 saturated heterocycles. The van der Waals surface area contributed by atoms with Gasteiger partial charge in [0.1, 0.15) is 12.4 Å². The molecule has 2 aromatic heterocycles. The van der Waals surface area contributed by atoms with Crippen LogP contribution in [0.15, 0.2) is 55.0 Å². The van der Waals surface area contributed by atoms with Crippen molar-refractivity contribution < 1.29 is 19.0 Å². The molecule has 0 N–H and O–H groups in total. The first-order chi connectivity index (χ1) is 16.1. The van der Waals surface area contributed by atoms with Gasteiger partial charge >= 0.3 is 0 Å². The van der Waals surface area contributed by atoms with Crippen molar-refractivity contribution in [3.63, 3.8) is 0 Å². The Hall–Kier alpha value is -3.39. The second-order valence-corrected chi connectivity index (χ2v) is 8.18. The number of aromatic nitrogens is 3. The molecule has 0 unspecified atom stereocenters. The van der Waals surface area contributed by atoms with Crippen molar-refractivity contribution in [2.24, 2.45) is 0 Å². The summed E-state index contributed by atoms with van der Waals surface area (Å²) in [5, 5.41) is 0. The first-order valence-corrected chi connectivity index (χ1v) is 11.3. The SMILES string of the molecule is CC(C)c1nccn1CCC(=O)N1CCOCCOc2ccccc2Oc2ncccc2C1. The summed E-state index contributed by atoms with van der Waals surface area (Å²) in [7, 11) is 0. The number of carbonyl (C=O) groups is 1. The van der Waals surface area contributed by atoms with Gasteiger partial charge < -0.3 is 23.7 Å². The molecular weight excluding hydrogens is 420 g/mol. The Morgan fingerprint density at radius 2 is 1.88 bits per heavy atom. The third-order valence-corrected chi connectivity index (χ3v) is 5.44. The molecule has 0 fully saturated rings. The summed E-state index contributed by atoms with van der Waals surface area (Å²) in [4.78, 5) is 23.9. The highest BCUT2D eigenvalue weighted by Gasteiger charge is 2.19. The number of para-hydroxylation sites is 2. The number of benzene rings is 1. The number of imidazole rings is 1. The van der Waals surface area contributed by atoms with Gasteiger partial charge in [0.15, 0.2) is 11.5 Å². The predicted molar refractivity (Wildman–Crippen MR) is 123 cm³/mol. The summed E-state index contributed by atoms with van der Waals surface area (Å²) in [6.07, 6.45) is 5.77. The van der Waals surface area contributed by atoms with Gasteiger partial charge in [-0.1, -0.05) is 32.0 Å². The van der Waals surface area contributed by atoms with Gasteiger partial charge in [0, 0.05) is 49.6 Å². The van der Waals surface area contributed by atoms with Crippen LogP contribution in [0.2, 0.25) is 0 Å². The van der Waals surface area contributed by atoms with Gasteiger partial charge in [0.05, 0.1) is 19.8 Å². The number of ether oxygens (including phenoxy) is 3. The minimum absolute atomic E-state index is 0.0448. The molecule has 1 amide bonds. The van der Waals surface area contributed by atoms with Crippen molar-refractivity contribution in [3.8, 4) is 17.4 Å². The average Bonchev–Trinajstić information content (AvgIpc) is 3.30. The number of hydrogen-bond donors (Lipinski definition) is 0. The number of nitrogens with zero attached hydrogens (tertiary/aromatic N) is 4. The Kier molecular flexibility index (Phi) is 7.57. The normalized spacial score (nSPS) is 14.7. The number of hydrogen-bond acceptors (Lipinski definition) is 6. The monoisotopic (exact) mass is 450 g/mol. The van der Waals surface area contributed by atoms with E-state index in [4.69, 9.17) is 14.2 Å². The number of aryl methyl sites for hydroxylation is 1. The van der Waals surface area contributed by atoms with E-state index >= 15 is 0 Å². The second kappa shape index (κ2) is 11.0. The van der Waals surface area contributed by atoms with E-state index < -0.39 is 0 Å². The number of fused-ring (bicyclic) bond motifs is 2. The van der Waals surface area contributed by atoms with Crippen molar-refractivity contribution in [2.75, 3.05) is 26.4 Å². The average molecular weight is 451 g/mol. The van der Waals surface area contributed by atoms with Crippen LogP contribution in [0.1, 0.15) is 37.6 Å². The molecule has 0 radical (unpaired) electrons. The maximum Gasteiger partial charge on any atom is 0.224 e. The number of amides is 1. The minimum atomic E-state index is 0.0448. The van der Waals surface area contributed by atoms with E-state index in [0.29, 0.717) is 69.2 Å². The molecular formula is C25H30N4O4. The molecule has 3 heterocycles. The molecule has 1 aliphatic rings. The van der Waals surface area contributed by atoms with Crippen molar-refractivity contribution >= 4 is 5.91 Å². The molecule has 8 heteroatoms. The summed E-state index contributed by atoms with van der Waals surface area (Å²) in [6, 6.07) is 11.3. The fraction of sp³-hybridized carbons (Fsp3) is 0.400. The van der Waals surface area contributed by atoms with Crippen LogP contribution in [-0.4, -0.2) is 51.7 Å². The Labute approximate surface area is 194 Å². The molecule has 4 rings (SSSR count). The van der Waals surface area contributed by atoms with Crippen molar-refractivity contribution in [3.05, 3.63) is 66.4 Å². The molecule has 0 spiro atoms. The van der Waals surface area contributed by atoms with Gasteiger partial charge in [-0.05, 0) is 18.2 Å². The highest BCUT2D eigenvalue weighted by Crippen LogP contribution is 2.32. The van der Waals surface area contributed by atoms with Gasteiger partial charge in [-0.2, -0.15) is 0 Å². The van der Waals surface area contributed by atoms with Gasteiger partial charge in [-0.15, -0.1) is 0 Å². The summed E-state index contributed by atoms with van der Waals surface area (Å²) in [6.45, 7) is 6.88. The molecule has 3 aromatic rings. The van der Waals surface area contributed by atoms with Gasteiger partial charge in [0.25, 0.3) is 0 Å². The zero-order valence-electron chi connectivity index (χ0n) is 19.1. The Morgan fingerprint density at radius 1 is 1.03 bits per heavy atom. The standard InChI is InChI=1S/C25H30N4O4/c1-19(2)24-26-11-13-28(24)12-9-23(30)29-14-15-31-16-17-32-21-7-3-4-8-22(21)33-25-20(18-29)6-5-10-27-25/h3-8,10-11,13,19H,9,12,14-18H2,1-2H3. The maximum atomic E-state index is 13.2. The molecule has 174 valence electrons. The Morgan fingerprint density at radius 3 is 2.73 bits per heavy atom. The lowest BCUT2D eigenvalue weighted by Crippen LogP contribution is -2.34. The van der Waals surface area contributed by atoms with E-state index in [1.165, 1.54) is 0 Å². The number of rotatable bonds is 4. The Bertz CT molecular complexity index is 1070. The van der Waals surface area contributed by atoms with E-state index in [1.54, 1.807) is 17.3 Å². The molecule has 1 aliphatic heterocycles. The molecule has 0 saturated carbocycles. The van der Waals surface area contributed by atoms with E-state index in [-0.39, 0.29) is 5.91 Å². The van der Waals surface area contributed by atoms with Crippen molar-refractivity contribution in [1.82, 2.24) is 19.4 Å². The topological polar surface area (TPSA) is 78.7 Å². The van der Waals surface area contributed by atoms with E-state index in [0.717, 1.165) is 11.4 Å². The summed E-state index contributed by atoms with van der Waals surface area (Å²) in [5.41, 5.74) is 0.824. The molecule has 33 heavy (non-hydrogen) atoms. The lowest BCUT2D eigenvalue weighted by Gasteiger charge is -2.24. The summed E-state index contributed by atoms with van der Waals surface area (Å²) in [5.74, 6) is 3.00. The van der Waals surface area contributed by atoms with E-state index in [9.17, 15) is 4.79 Å². The van der Waals surface area contributed by atoms with Gasteiger partial charge in [-0.25, -0.2) is 9.97 Å². The fourth-order valence-electron chi connectivity index (χ4n) is 3.76. The largest absolute Gasteiger partial charge is 0.487 e. The van der Waals surface area contributed by atoms with Crippen molar-refractivity contribution in [1.29, 1.82) is 0 Å². The lowest BCUT2D eigenvalue weighted by atomic mass is 10.2. The quantitative estimate of drug-likeness (QED) is 0.597. The Balaban J connectivity index is 1.53. The van der Waals surface area contributed by atoms with Crippen LogP contribution in [0.5, 0.6) is 17.4 Å².